The Hall–Kier alpha value is -3.06. The van der Waals surface area contributed by atoms with Gasteiger partial charge in [0.05, 0.1) is 17.3 Å². The van der Waals surface area contributed by atoms with Crippen molar-refractivity contribution >= 4 is 35.0 Å². The van der Waals surface area contributed by atoms with Gasteiger partial charge in [0.1, 0.15) is 5.75 Å². The number of halogens is 1. The summed E-state index contributed by atoms with van der Waals surface area (Å²) in [4.78, 5) is 35.9. The quantitative estimate of drug-likeness (QED) is 0.524. The highest BCUT2D eigenvalue weighted by Gasteiger charge is 2.11. The molecule has 2 aromatic carbocycles. The van der Waals surface area contributed by atoms with Crippen molar-refractivity contribution in [3.05, 3.63) is 59.1 Å². The Kier molecular flexibility index (Phi) is 9.15. The van der Waals surface area contributed by atoms with Crippen LogP contribution in [0.15, 0.2) is 48.5 Å². The second-order valence-electron chi connectivity index (χ2n) is 7.09. The standard InChI is InChI=1S/C22H26ClN3O4/c1-15(2)13-14-30-17-9-7-16(8-10-17)22(29)26-25-21(28)12-11-20(27)24-19-6-4-3-5-18(19)23/h3-10,15H,11-14H2,1-2H3,(H,24,27)(H,25,28)(H,26,29). The Bertz CT molecular complexity index is 869. The molecule has 0 aromatic heterocycles. The van der Waals surface area contributed by atoms with E-state index in [1.165, 1.54) is 0 Å². The van der Waals surface area contributed by atoms with Crippen LogP contribution in [0.5, 0.6) is 5.75 Å². The van der Waals surface area contributed by atoms with Gasteiger partial charge in [0.25, 0.3) is 5.91 Å². The summed E-state index contributed by atoms with van der Waals surface area (Å²) in [5, 5.41) is 3.05. The van der Waals surface area contributed by atoms with Gasteiger partial charge in [0.2, 0.25) is 11.8 Å². The molecular weight excluding hydrogens is 406 g/mol. The lowest BCUT2D eigenvalue weighted by molar-refractivity contribution is -0.124. The monoisotopic (exact) mass is 431 g/mol. The highest BCUT2D eigenvalue weighted by molar-refractivity contribution is 6.33. The van der Waals surface area contributed by atoms with Crippen molar-refractivity contribution in [2.24, 2.45) is 5.92 Å². The van der Waals surface area contributed by atoms with Gasteiger partial charge in [0.15, 0.2) is 0 Å². The van der Waals surface area contributed by atoms with Crippen molar-refractivity contribution in [1.29, 1.82) is 0 Å². The third kappa shape index (κ3) is 8.13. The molecule has 0 bridgehead atoms. The van der Waals surface area contributed by atoms with Gasteiger partial charge in [-0.15, -0.1) is 0 Å². The summed E-state index contributed by atoms with van der Waals surface area (Å²) in [6.07, 6.45) is 0.819. The SMILES string of the molecule is CC(C)CCOc1ccc(C(=O)NNC(=O)CCC(=O)Nc2ccccc2Cl)cc1. The predicted molar refractivity (Wildman–Crippen MR) is 116 cm³/mol. The van der Waals surface area contributed by atoms with Crippen LogP contribution < -0.4 is 20.9 Å². The molecule has 0 fully saturated rings. The number of hydrazine groups is 1. The number of hydrogen-bond acceptors (Lipinski definition) is 4. The maximum absolute atomic E-state index is 12.1. The zero-order chi connectivity index (χ0) is 21.9. The average Bonchev–Trinajstić information content (AvgIpc) is 2.72. The van der Waals surface area contributed by atoms with E-state index in [9.17, 15) is 14.4 Å². The van der Waals surface area contributed by atoms with Crippen LogP contribution in [0.4, 0.5) is 5.69 Å². The van der Waals surface area contributed by atoms with Crippen molar-refractivity contribution < 1.29 is 19.1 Å². The Morgan fingerprint density at radius 1 is 0.933 bits per heavy atom. The number of nitrogens with one attached hydrogen (secondary N) is 3. The first kappa shape index (κ1) is 23.2. The first-order valence-electron chi connectivity index (χ1n) is 9.71. The zero-order valence-corrected chi connectivity index (χ0v) is 17.8. The molecule has 0 aliphatic heterocycles. The maximum atomic E-state index is 12.1. The number of anilines is 1. The Balaban J connectivity index is 1.70. The topological polar surface area (TPSA) is 96.5 Å². The highest BCUT2D eigenvalue weighted by Crippen LogP contribution is 2.20. The van der Waals surface area contributed by atoms with E-state index in [0.29, 0.717) is 34.5 Å². The average molecular weight is 432 g/mol. The lowest BCUT2D eigenvalue weighted by Crippen LogP contribution is -2.41. The molecule has 0 unspecified atom stereocenters. The minimum Gasteiger partial charge on any atom is -0.494 e. The fraction of sp³-hybridized carbons (Fsp3) is 0.318. The van der Waals surface area contributed by atoms with Crippen LogP contribution in [0.1, 0.15) is 43.5 Å². The number of carbonyl (C=O) groups is 3. The van der Waals surface area contributed by atoms with Crippen LogP contribution in [-0.4, -0.2) is 24.3 Å². The summed E-state index contributed by atoms with van der Waals surface area (Å²) in [6, 6.07) is 13.5. The van der Waals surface area contributed by atoms with Gasteiger partial charge in [-0.1, -0.05) is 37.6 Å². The molecule has 7 nitrogen and oxygen atoms in total. The third-order valence-corrected chi connectivity index (χ3v) is 4.45. The second-order valence-corrected chi connectivity index (χ2v) is 7.49. The first-order valence-corrected chi connectivity index (χ1v) is 10.1. The first-order chi connectivity index (χ1) is 14.3. The largest absolute Gasteiger partial charge is 0.494 e. The molecule has 0 atom stereocenters. The van der Waals surface area contributed by atoms with Crippen molar-refractivity contribution in [3.63, 3.8) is 0 Å². The highest BCUT2D eigenvalue weighted by atomic mass is 35.5. The summed E-state index contributed by atoms with van der Waals surface area (Å²) >= 11 is 5.97. The number of hydrogen-bond donors (Lipinski definition) is 3. The minimum atomic E-state index is -0.480. The number of para-hydroxylation sites is 1. The molecule has 0 radical (unpaired) electrons. The van der Waals surface area contributed by atoms with E-state index in [4.69, 9.17) is 16.3 Å². The molecule has 0 aliphatic rings. The molecule has 0 aliphatic carbocycles. The van der Waals surface area contributed by atoms with Crippen LogP contribution in [0.25, 0.3) is 0 Å². The van der Waals surface area contributed by atoms with Gasteiger partial charge in [-0.05, 0) is 48.7 Å². The van der Waals surface area contributed by atoms with Crippen LogP contribution in [0.2, 0.25) is 5.02 Å². The lowest BCUT2D eigenvalue weighted by atomic mass is 10.1. The summed E-state index contributed by atoms with van der Waals surface area (Å²) in [6.45, 7) is 4.86. The Labute approximate surface area is 181 Å². The van der Waals surface area contributed by atoms with E-state index < -0.39 is 11.8 Å². The van der Waals surface area contributed by atoms with Crippen molar-refractivity contribution in [2.75, 3.05) is 11.9 Å². The molecule has 0 spiro atoms. The summed E-state index contributed by atoms with van der Waals surface area (Å²) < 4.78 is 5.61. The van der Waals surface area contributed by atoms with Gasteiger partial charge in [-0.3, -0.25) is 25.2 Å². The van der Waals surface area contributed by atoms with Crippen LogP contribution >= 0.6 is 11.6 Å². The predicted octanol–water partition coefficient (Wildman–Crippen LogP) is 3.94. The molecule has 30 heavy (non-hydrogen) atoms. The second kappa shape index (κ2) is 11.8. The number of benzene rings is 2. The summed E-state index contributed by atoms with van der Waals surface area (Å²) in [5.41, 5.74) is 5.48. The van der Waals surface area contributed by atoms with Gasteiger partial charge < -0.3 is 10.1 Å². The molecule has 0 heterocycles. The van der Waals surface area contributed by atoms with E-state index in [2.05, 4.69) is 30.0 Å². The molecule has 2 rings (SSSR count). The van der Waals surface area contributed by atoms with Crippen LogP contribution in [0, 0.1) is 5.92 Å². The molecular formula is C22H26ClN3O4. The van der Waals surface area contributed by atoms with Gasteiger partial charge in [-0.25, -0.2) is 0 Å². The third-order valence-electron chi connectivity index (χ3n) is 4.12. The van der Waals surface area contributed by atoms with Crippen molar-refractivity contribution in [1.82, 2.24) is 10.9 Å². The van der Waals surface area contributed by atoms with Gasteiger partial charge >= 0.3 is 0 Å². The Morgan fingerprint density at radius 3 is 2.27 bits per heavy atom. The molecule has 2 aromatic rings. The zero-order valence-electron chi connectivity index (χ0n) is 17.0. The normalized spacial score (nSPS) is 10.4. The van der Waals surface area contributed by atoms with E-state index >= 15 is 0 Å². The van der Waals surface area contributed by atoms with E-state index in [1.807, 2.05) is 0 Å². The van der Waals surface area contributed by atoms with Gasteiger partial charge in [0, 0.05) is 18.4 Å². The number of ether oxygens (including phenoxy) is 1. The smallest absolute Gasteiger partial charge is 0.269 e. The molecule has 0 saturated heterocycles. The molecule has 8 heteroatoms. The minimum absolute atomic E-state index is 0.0463. The fourth-order valence-corrected chi connectivity index (χ4v) is 2.56. The van der Waals surface area contributed by atoms with E-state index in [0.717, 1.165) is 6.42 Å². The van der Waals surface area contributed by atoms with Crippen molar-refractivity contribution in [3.8, 4) is 5.75 Å². The van der Waals surface area contributed by atoms with Gasteiger partial charge in [-0.2, -0.15) is 0 Å². The fourth-order valence-electron chi connectivity index (χ4n) is 2.38. The molecule has 0 saturated carbocycles. The van der Waals surface area contributed by atoms with E-state index in [-0.39, 0.29) is 18.7 Å². The van der Waals surface area contributed by atoms with Crippen LogP contribution in [-0.2, 0) is 9.59 Å². The number of amides is 3. The summed E-state index contributed by atoms with van der Waals surface area (Å²) in [5.74, 6) is -0.0526. The molecule has 3 amide bonds. The summed E-state index contributed by atoms with van der Waals surface area (Å²) in [7, 11) is 0. The van der Waals surface area contributed by atoms with E-state index in [1.54, 1.807) is 48.5 Å². The molecule has 3 N–H and O–H groups in total. The maximum Gasteiger partial charge on any atom is 0.269 e. The number of rotatable bonds is 9. The molecule has 160 valence electrons. The van der Waals surface area contributed by atoms with Crippen molar-refractivity contribution in [2.45, 2.75) is 33.1 Å². The van der Waals surface area contributed by atoms with Crippen LogP contribution in [0.3, 0.4) is 0 Å². The number of carbonyl (C=O) groups excluding carboxylic acids is 3. The Morgan fingerprint density at radius 2 is 1.60 bits per heavy atom. The lowest BCUT2D eigenvalue weighted by Gasteiger charge is -2.10.